The summed E-state index contributed by atoms with van der Waals surface area (Å²) in [5, 5.41) is 0. The Labute approximate surface area is 290 Å². The molecule has 5 aliphatic rings. The van der Waals surface area contributed by atoms with Crippen LogP contribution in [0.5, 0.6) is 0 Å². The van der Waals surface area contributed by atoms with Gasteiger partial charge in [0.2, 0.25) is 0 Å². The molecule has 0 saturated heterocycles. The topological polar surface area (TPSA) is 0 Å². The van der Waals surface area contributed by atoms with Crippen LogP contribution in [0.25, 0.3) is 0 Å². The summed E-state index contributed by atoms with van der Waals surface area (Å²) in [4.78, 5) is 0. The van der Waals surface area contributed by atoms with Gasteiger partial charge in [-0.3, -0.25) is 0 Å². The van der Waals surface area contributed by atoms with Crippen molar-refractivity contribution in [3.8, 4) is 0 Å². The second-order valence-electron chi connectivity index (χ2n) is 16.4. The van der Waals surface area contributed by atoms with Gasteiger partial charge in [0.15, 0.2) is 0 Å². The highest BCUT2D eigenvalue weighted by Gasteiger charge is 2.35. The Hall–Kier alpha value is -3.12. The smallest absolute Gasteiger partial charge is 0.00949 e. The Bertz CT molecular complexity index is 1510. The molecule has 0 aromatic heterocycles. The monoisotopic (exact) mass is 632 g/mol. The van der Waals surface area contributed by atoms with Crippen molar-refractivity contribution >= 4 is 0 Å². The van der Waals surface area contributed by atoms with Gasteiger partial charge in [-0.25, -0.2) is 0 Å². The van der Waals surface area contributed by atoms with E-state index in [9.17, 15) is 0 Å². The predicted octanol–water partition coefficient (Wildman–Crippen LogP) is 12.1. The molecule has 4 aromatic carbocycles. The molecule has 248 valence electrons. The highest BCUT2D eigenvalue weighted by atomic mass is 14.4. The number of hydrogen-bond acceptors (Lipinski definition) is 0. The molecule has 9 rings (SSSR count). The molecule has 0 aliphatic heterocycles. The normalized spacial score (nSPS) is 22.6. The average molecular weight is 633 g/mol. The minimum absolute atomic E-state index is 0.507. The highest BCUT2D eigenvalue weighted by molar-refractivity contribution is 5.60. The first-order valence-electron chi connectivity index (χ1n) is 20.2. The van der Waals surface area contributed by atoms with E-state index in [2.05, 4.69) is 76.2 Å². The number of hydrogen-bond donors (Lipinski definition) is 0. The molecule has 0 saturated carbocycles. The Morgan fingerprint density at radius 3 is 0.604 bits per heavy atom. The molecular formula is C48H56. The summed E-state index contributed by atoms with van der Waals surface area (Å²) in [7, 11) is 0. The molecule has 0 atom stereocenters. The standard InChI is InChI=1S/C48H56/c1-5-9-37-41-25-43-31-15-17-33-23-35-19-20-36-24-34-18-16-32-22-30(14-13-29(41)21-31)42(37)26-44(32)39(11-7-3)46(34)28-48(36)40(12-8-4)47(35)27-45(33)38(43)10-6-2/h21-28,37-40H,5-20H2,1-4H3. The van der Waals surface area contributed by atoms with Crippen LogP contribution in [0.15, 0.2) is 48.5 Å². The molecule has 8 bridgehead atoms. The summed E-state index contributed by atoms with van der Waals surface area (Å²) in [6.07, 6.45) is 19.5. The number of rotatable bonds is 8. The van der Waals surface area contributed by atoms with Crippen molar-refractivity contribution in [3.63, 3.8) is 0 Å². The number of benzene rings is 4. The van der Waals surface area contributed by atoms with Crippen LogP contribution in [0.2, 0.25) is 0 Å². The summed E-state index contributed by atoms with van der Waals surface area (Å²) in [5.41, 5.74) is 26.7. The molecular weight excluding hydrogens is 577 g/mol. The van der Waals surface area contributed by atoms with E-state index in [1.165, 1.54) is 103 Å². The second kappa shape index (κ2) is 12.3. The lowest BCUT2D eigenvalue weighted by atomic mass is 9.75. The van der Waals surface area contributed by atoms with Crippen LogP contribution in [-0.4, -0.2) is 0 Å². The Balaban J connectivity index is 1.40. The minimum Gasteiger partial charge on any atom is -0.0653 e. The third kappa shape index (κ3) is 4.82. The van der Waals surface area contributed by atoms with Gasteiger partial charge < -0.3 is 0 Å². The predicted molar refractivity (Wildman–Crippen MR) is 202 cm³/mol. The summed E-state index contributed by atoms with van der Waals surface area (Å²) in [6.45, 7) is 9.67. The molecule has 0 unspecified atom stereocenters. The van der Waals surface area contributed by atoms with E-state index in [0.717, 1.165) is 0 Å². The van der Waals surface area contributed by atoms with E-state index in [1.807, 2.05) is 0 Å². The lowest BCUT2D eigenvalue weighted by Gasteiger charge is -2.29. The lowest BCUT2D eigenvalue weighted by molar-refractivity contribution is 0.661. The fraction of sp³-hybridized carbons (Fsp3) is 0.500. The molecule has 0 radical (unpaired) electrons. The maximum absolute atomic E-state index is 2.80. The van der Waals surface area contributed by atoms with Crippen molar-refractivity contribution in [1.82, 2.24) is 0 Å². The van der Waals surface area contributed by atoms with E-state index >= 15 is 0 Å². The van der Waals surface area contributed by atoms with Crippen LogP contribution in [-0.2, 0) is 51.4 Å². The van der Waals surface area contributed by atoms with Gasteiger partial charge in [0.05, 0.1) is 0 Å². The van der Waals surface area contributed by atoms with Crippen molar-refractivity contribution in [3.05, 3.63) is 138 Å². The van der Waals surface area contributed by atoms with Gasteiger partial charge in [-0.05, 0) is 166 Å². The Kier molecular flexibility index (Phi) is 7.94. The van der Waals surface area contributed by atoms with Crippen molar-refractivity contribution < 1.29 is 0 Å². The van der Waals surface area contributed by atoms with E-state index in [-0.39, 0.29) is 0 Å². The quantitative estimate of drug-likeness (QED) is 0.181. The van der Waals surface area contributed by atoms with Crippen LogP contribution in [0.3, 0.4) is 0 Å². The van der Waals surface area contributed by atoms with Gasteiger partial charge in [0.1, 0.15) is 0 Å². The molecule has 0 amide bonds. The zero-order chi connectivity index (χ0) is 32.5. The van der Waals surface area contributed by atoms with Crippen LogP contribution in [0, 0.1) is 0 Å². The molecule has 0 heteroatoms. The molecule has 0 spiro atoms. The second-order valence-corrected chi connectivity index (χ2v) is 16.4. The first-order chi connectivity index (χ1) is 23.6. The van der Waals surface area contributed by atoms with E-state index in [0.29, 0.717) is 23.7 Å². The first-order valence-corrected chi connectivity index (χ1v) is 20.2. The number of aryl methyl sites for hydroxylation is 8. The fourth-order valence-electron chi connectivity index (χ4n) is 11.4. The average Bonchev–Trinajstić information content (AvgIpc) is 3.47. The zero-order valence-electron chi connectivity index (χ0n) is 30.2. The molecule has 5 aliphatic carbocycles. The van der Waals surface area contributed by atoms with Crippen LogP contribution in [0.4, 0.5) is 0 Å². The van der Waals surface area contributed by atoms with Crippen LogP contribution < -0.4 is 0 Å². The van der Waals surface area contributed by atoms with Crippen LogP contribution in [0.1, 0.15) is 192 Å². The largest absolute Gasteiger partial charge is 0.0653 e. The van der Waals surface area contributed by atoms with E-state index in [1.54, 1.807) is 89.0 Å². The Morgan fingerprint density at radius 1 is 0.292 bits per heavy atom. The molecule has 0 nitrogen and oxygen atoms in total. The maximum atomic E-state index is 2.80. The van der Waals surface area contributed by atoms with Gasteiger partial charge >= 0.3 is 0 Å². The first kappa shape index (κ1) is 30.9. The SMILES string of the molecule is CCCC1c2cc3c4cc2CCc2cc5c(cc21)C(CCC)c1cc2c(cc1CC5)CCc1cc(c(cc1C2CCC)C3CCC)CC4. The molecule has 0 fully saturated rings. The molecule has 0 N–H and O–H groups in total. The minimum atomic E-state index is 0.507. The van der Waals surface area contributed by atoms with Gasteiger partial charge in [-0.2, -0.15) is 0 Å². The van der Waals surface area contributed by atoms with Gasteiger partial charge in [-0.15, -0.1) is 0 Å². The third-order valence-corrected chi connectivity index (χ3v) is 13.6. The van der Waals surface area contributed by atoms with Gasteiger partial charge in [-0.1, -0.05) is 102 Å². The Morgan fingerprint density at radius 2 is 0.458 bits per heavy atom. The molecule has 48 heavy (non-hydrogen) atoms. The third-order valence-electron chi connectivity index (χ3n) is 13.6. The zero-order valence-corrected chi connectivity index (χ0v) is 30.2. The van der Waals surface area contributed by atoms with Gasteiger partial charge in [0.25, 0.3) is 0 Å². The molecule has 0 heterocycles. The fourth-order valence-corrected chi connectivity index (χ4v) is 11.4. The summed E-state index contributed by atoms with van der Waals surface area (Å²) >= 11 is 0. The van der Waals surface area contributed by atoms with Crippen LogP contribution >= 0.6 is 0 Å². The summed E-state index contributed by atoms with van der Waals surface area (Å²) in [5.74, 6) is 2.03. The summed E-state index contributed by atoms with van der Waals surface area (Å²) in [6, 6.07) is 22.1. The van der Waals surface area contributed by atoms with Crippen molar-refractivity contribution in [1.29, 1.82) is 0 Å². The highest BCUT2D eigenvalue weighted by Crippen LogP contribution is 2.50. The van der Waals surface area contributed by atoms with E-state index in [4.69, 9.17) is 0 Å². The van der Waals surface area contributed by atoms with Gasteiger partial charge in [0, 0.05) is 23.7 Å². The van der Waals surface area contributed by atoms with Crippen molar-refractivity contribution in [2.75, 3.05) is 0 Å². The molecule has 4 aromatic rings. The lowest BCUT2D eigenvalue weighted by Crippen LogP contribution is -2.13. The maximum Gasteiger partial charge on any atom is 0.00949 e. The summed E-state index contributed by atoms with van der Waals surface area (Å²) < 4.78 is 0. The van der Waals surface area contributed by atoms with Crippen molar-refractivity contribution in [2.45, 2.75) is 154 Å². The van der Waals surface area contributed by atoms with E-state index < -0.39 is 0 Å². The van der Waals surface area contributed by atoms with Crippen molar-refractivity contribution in [2.24, 2.45) is 0 Å².